The summed E-state index contributed by atoms with van der Waals surface area (Å²) in [5.74, 6) is -2.05. The van der Waals surface area contributed by atoms with Gasteiger partial charge in [0.15, 0.2) is 18.5 Å². The van der Waals surface area contributed by atoms with Gasteiger partial charge in [0.2, 0.25) is 0 Å². The molecule has 1 aliphatic rings. The summed E-state index contributed by atoms with van der Waals surface area (Å²) < 4.78 is 21.8. The van der Waals surface area contributed by atoms with E-state index in [0.29, 0.717) is 5.56 Å². The number of aliphatic hydroxyl groups excluding tert-OH is 1. The van der Waals surface area contributed by atoms with Crippen LogP contribution in [-0.4, -0.2) is 54.2 Å². The molecule has 8 heteroatoms. The Morgan fingerprint density at radius 1 is 0.647 bits per heavy atom. The molecule has 1 fully saturated rings. The molecule has 1 aliphatic heterocycles. The van der Waals surface area contributed by atoms with Crippen molar-refractivity contribution in [1.29, 1.82) is 0 Å². The van der Waals surface area contributed by atoms with E-state index in [1.54, 1.807) is 91.0 Å². The van der Waals surface area contributed by atoms with Crippen LogP contribution in [0.15, 0.2) is 91.0 Å². The fourth-order valence-corrected chi connectivity index (χ4v) is 3.46. The average Bonchev–Trinajstić information content (AvgIpc) is 3.17. The van der Waals surface area contributed by atoms with E-state index >= 15 is 0 Å². The lowest BCUT2D eigenvalue weighted by Crippen LogP contribution is -2.42. The van der Waals surface area contributed by atoms with E-state index in [4.69, 9.17) is 18.9 Å². The molecule has 3 aromatic rings. The van der Waals surface area contributed by atoms with E-state index in [1.807, 2.05) is 0 Å². The fraction of sp³-hybridized carbons (Fsp3) is 0.192. The maximum absolute atomic E-state index is 12.7. The van der Waals surface area contributed by atoms with Gasteiger partial charge < -0.3 is 24.1 Å². The minimum atomic E-state index is -1.60. The van der Waals surface area contributed by atoms with Crippen LogP contribution in [0.5, 0.6) is 0 Å². The van der Waals surface area contributed by atoms with Gasteiger partial charge in [0.05, 0.1) is 16.7 Å². The van der Waals surface area contributed by atoms with Crippen LogP contribution in [-0.2, 0) is 18.9 Å². The predicted molar refractivity (Wildman–Crippen MR) is 119 cm³/mol. The van der Waals surface area contributed by atoms with Gasteiger partial charge in [-0.3, -0.25) is 0 Å². The number of ether oxygens (including phenoxy) is 4. The molecule has 0 radical (unpaired) electrons. The average molecular weight is 462 g/mol. The molecule has 0 bridgehead atoms. The lowest BCUT2D eigenvalue weighted by atomic mass is 10.1. The highest BCUT2D eigenvalue weighted by Crippen LogP contribution is 2.28. The number of aliphatic hydroxyl groups is 1. The van der Waals surface area contributed by atoms with Crippen molar-refractivity contribution in [3.63, 3.8) is 0 Å². The molecule has 174 valence electrons. The summed E-state index contributed by atoms with van der Waals surface area (Å²) in [5, 5.41) is 10.5. The van der Waals surface area contributed by atoms with Gasteiger partial charge in [-0.15, -0.1) is 0 Å². The van der Waals surface area contributed by atoms with Crippen molar-refractivity contribution in [2.24, 2.45) is 0 Å². The molecule has 1 heterocycles. The van der Waals surface area contributed by atoms with Crippen molar-refractivity contribution in [3.8, 4) is 0 Å². The summed E-state index contributed by atoms with van der Waals surface area (Å²) in [7, 11) is 0. The molecule has 0 saturated carbocycles. The molecule has 8 nitrogen and oxygen atoms in total. The fourth-order valence-electron chi connectivity index (χ4n) is 3.46. The summed E-state index contributed by atoms with van der Waals surface area (Å²) in [6, 6.07) is 24.7. The Bertz CT molecular complexity index is 1120. The monoisotopic (exact) mass is 462 g/mol. The van der Waals surface area contributed by atoms with Crippen LogP contribution in [0.3, 0.4) is 0 Å². The smallest absolute Gasteiger partial charge is 0.338 e. The number of hydrogen-bond donors (Lipinski definition) is 1. The van der Waals surface area contributed by atoms with Crippen LogP contribution < -0.4 is 0 Å². The molecule has 1 N–H and O–H groups in total. The first-order chi connectivity index (χ1) is 16.5. The lowest BCUT2D eigenvalue weighted by molar-refractivity contribution is -0.135. The number of hydrogen-bond acceptors (Lipinski definition) is 8. The molecular formula is C26H22O8. The molecule has 0 amide bonds. The third-order valence-corrected chi connectivity index (χ3v) is 5.18. The summed E-state index contributed by atoms with van der Waals surface area (Å²) in [6.07, 6.45) is -5.22. The van der Waals surface area contributed by atoms with Gasteiger partial charge in [-0.2, -0.15) is 0 Å². The molecule has 0 aromatic heterocycles. The third-order valence-electron chi connectivity index (χ3n) is 5.18. The Hall–Kier alpha value is -4.01. The highest BCUT2D eigenvalue weighted by Gasteiger charge is 2.50. The quantitative estimate of drug-likeness (QED) is 0.422. The minimum absolute atomic E-state index is 0.252. The van der Waals surface area contributed by atoms with Crippen molar-refractivity contribution in [1.82, 2.24) is 0 Å². The van der Waals surface area contributed by atoms with Crippen LogP contribution in [0.2, 0.25) is 0 Å². The van der Waals surface area contributed by atoms with Crippen molar-refractivity contribution in [2.75, 3.05) is 6.61 Å². The van der Waals surface area contributed by atoms with E-state index in [9.17, 15) is 19.5 Å². The third kappa shape index (κ3) is 5.48. The first-order valence-corrected chi connectivity index (χ1v) is 10.6. The number of benzene rings is 3. The molecule has 0 spiro atoms. The lowest BCUT2D eigenvalue weighted by Gasteiger charge is -2.23. The molecule has 0 aliphatic carbocycles. The minimum Gasteiger partial charge on any atom is -0.459 e. The summed E-state index contributed by atoms with van der Waals surface area (Å²) in [4.78, 5) is 37.6. The molecule has 4 rings (SSSR count). The van der Waals surface area contributed by atoms with E-state index in [0.717, 1.165) is 0 Å². The molecule has 34 heavy (non-hydrogen) atoms. The molecular weight excluding hydrogens is 440 g/mol. The van der Waals surface area contributed by atoms with Crippen LogP contribution in [0.1, 0.15) is 31.1 Å². The topological polar surface area (TPSA) is 108 Å². The first-order valence-electron chi connectivity index (χ1n) is 10.6. The van der Waals surface area contributed by atoms with E-state index in [-0.39, 0.29) is 17.7 Å². The number of esters is 3. The highest BCUT2D eigenvalue weighted by atomic mass is 16.7. The zero-order valence-electron chi connectivity index (χ0n) is 18.0. The Kier molecular flexibility index (Phi) is 7.31. The highest BCUT2D eigenvalue weighted by molar-refractivity contribution is 5.90. The Morgan fingerprint density at radius 3 is 1.53 bits per heavy atom. The van der Waals surface area contributed by atoms with Gasteiger partial charge in [-0.25, -0.2) is 14.4 Å². The summed E-state index contributed by atoms with van der Waals surface area (Å²) in [6.45, 7) is -0.336. The van der Waals surface area contributed by atoms with E-state index < -0.39 is 42.5 Å². The largest absolute Gasteiger partial charge is 0.459 e. The van der Waals surface area contributed by atoms with Gasteiger partial charge in [0.25, 0.3) is 0 Å². The predicted octanol–water partition coefficient (Wildman–Crippen LogP) is 3.01. The van der Waals surface area contributed by atoms with Crippen molar-refractivity contribution in [3.05, 3.63) is 108 Å². The zero-order valence-corrected chi connectivity index (χ0v) is 18.0. The second-order valence-electron chi connectivity index (χ2n) is 7.50. The van der Waals surface area contributed by atoms with Gasteiger partial charge in [-0.1, -0.05) is 54.6 Å². The summed E-state index contributed by atoms with van der Waals surface area (Å²) in [5.41, 5.74) is 0.838. The van der Waals surface area contributed by atoms with Gasteiger partial charge in [-0.05, 0) is 36.4 Å². The standard InChI is InChI=1S/C26H22O8/c27-23(17-10-4-1-5-11-17)31-16-20-21(33-24(28)18-12-6-2-7-13-18)22(26(30)32-20)34-25(29)19-14-8-3-9-15-19/h1-15,20-22,26,30H,16H2/t20-,21?,22+,26?/m1/s1. The van der Waals surface area contributed by atoms with Crippen LogP contribution in [0.25, 0.3) is 0 Å². The van der Waals surface area contributed by atoms with Crippen LogP contribution in [0.4, 0.5) is 0 Å². The second kappa shape index (κ2) is 10.7. The van der Waals surface area contributed by atoms with E-state index in [1.165, 1.54) is 0 Å². The number of carbonyl (C=O) groups is 3. The molecule has 3 aromatic carbocycles. The Morgan fingerprint density at radius 2 is 1.06 bits per heavy atom. The van der Waals surface area contributed by atoms with Crippen LogP contribution in [0, 0.1) is 0 Å². The van der Waals surface area contributed by atoms with Crippen molar-refractivity contribution >= 4 is 17.9 Å². The van der Waals surface area contributed by atoms with Crippen molar-refractivity contribution in [2.45, 2.75) is 24.6 Å². The Balaban J connectivity index is 1.51. The van der Waals surface area contributed by atoms with Gasteiger partial charge in [0.1, 0.15) is 12.7 Å². The normalized spacial score (nSPS) is 21.4. The first kappa shape index (κ1) is 23.2. The zero-order chi connectivity index (χ0) is 23.9. The van der Waals surface area contributed by atoms with Gasteiger partial charge >= 0.3 is 17.9 Å². The molecule has 4 atom stereocenters. The second-order valence-corrected chi connectivity index (χ2v) is 7.50. The maximum atomic E-state index is 12.7. The van der Waals surface area contributed by atoms with Crippen LogP contribution >= 0.6 is 0 Å². The SMILES string of the molecule is O=C(OC[C@H]1OC(O)[C@@H](OC(=O)c2ccccc2)C1OC(=O)c1ccccc1)c1ccccc1. The van der Waals surface area contributed by atoms with E-state index in [2.05, 4.69) is 0 Å². The maximum Gasteiger partial charge on any atom is 0.338 e. The molecule has 1 saturated heterocycles. The number of rotatable bonds is 7. The van der Waals surface area contributed by atoms with Gasteiger partial charge in [0, 0.05) is 0 Å². The molecule has 2 unspecified atom stereocenters. The van der Waals surface area contributed by atoms with Crippen molar-refractivity contribution < 1.29 is 38.4 Å². The Labute approximate surface area is 195 Å². The summed E-state index contributed by atoms with van der Waals surface area (Å²) >= 11 is 0. The number of carbonyl (C=O) groups excluding carboxylic acids is 3.